The van der Waals surface area contributed by atoms with Crippen LogP contribution in [0.3, 0.4) is 0 Å². The SMILES string of the molecule is CC(C)OC(=O)N[C@H]1CC[C@H](c2ncc(-c3ccc(NC(=O)C4Cc5ccccc5CN4)cc3S(=O)(=O)NC(C)(C)C)s2)CC1. The molecule has 10 nitrogen and oxygen atoms in total. The molecule has 1 fully saturated rings. The quantitative estimate of drug-likeness (QED) is 0.245. The highest BCUT2D eigenvalue weighted by atomic mass is 32.2. The van der Waals surface area contributed by atoms with Crippen LogP contribution in [0.5, 0.6) is 0 Å². The van der Waals surface area contributed by atoms with Gasteiger partial charge < -0.3 is 20.7 Å². The lowest BCUT2D eigenvalue weighted by Gasteiger charge is -2.28. The zero-order valence-electron chi connectivity index (χ0n) is 26.5. The summed E-state index contributed by atoms with van der Waals surface area (Å²) in [5, 5.41) is 10.1. The number of amides is 2. The first kappa shape index (κ1) is 33.1. The average molecular weight is 654 g/mol. The van der Waals surface area contributed by atoms with Crippen LogP contribution in [0.25, 0.3) is 10.4 Å². The Balaban J connectivity index is 1.34. The Labute approximate surface area is 269 Å². The fraction of sp³-hybridized carbons (Fsp3) is 0.485. The lowest BCUT2D eigenvalue weighted by Crippen LogP contribution is -2.44. The highest BCUT2D eigenvalue weighted by Gasteiger charge is 2.30. The highest BCUT2D eigenvalue weighted by Crippen LogP contribution is 2.40. The van der Waals surface area contributed by atoms with Crippen molar-refractivity contribution in [2.24, 2.45) is 0 Å². The first-order valence-electron chi connectivity index (χ1n) is 15.5. The van der Waals surface area contributed by atoms with Gasteiger partial charge in [0.1, 0.15) is 0 Å². The lowest BCUT2D eigenvalue weighted by atomic mass is 9.86. The molecule has 2 heterocycles. The monoisotopic (exact) mass is 653 g/mol. The number of aromatic nitrogens is 1. The molecule has 1 unspecified atom stereocenters. The minimum atomic E-state index is -3.95. The molecule has 2 aliphatic rings. The molecule has 1 aliphatic heterocycles. The molecule has 242 valence electrons. The molecular weight excluding hydrogens is 611 g/mol. The molecular formula is C33H43N5O5S2. The van der Waals surface area contributed by atoms with Gasteiger partial charge in [0, 0.05) is 41.5 Å². The number of rotatable bonds is 8. The van der Waals surface area contributed by atoms with Crippen molar-refractivity contribution in [3.8, 4) is 10.4 Å². The number of carbonyl (C=O) groups excluding carboxylic acids is 2. The fourth-order valence-corrected chi connectivity index (χ4v) is 8.71. The molecule has 5 rings (SSSR count). The van der Waals surface area contributed by atoms with E-state index in [9.17, 15) is 18.0 Å². The lowest BCUT2D eigenvalue weighted by molar-refractivity contribution is -0.118. The van der Waals surface area contributed by atoms with E-state index < -0.39 is 21.6 Å². The van der Waals surface area contributed by atoms with Crippen molar-refractivity contribution in [1.29, 1.82) is 0 Å². The summed E-state index contributed by atoms with van der Waals surface area (Å²) in [6.45, 7) is 9.62. The van der Waals surface area contributed by atoms with Gasteiger partial charge in [-0.25, -0.2) is 22.9 Å². The second-order valence-electron chi connectivity index (χ2n) is 13.2. The van der Waals surface area contributed by atoms with Crippen LogP contribution in [0.1, 0.15) is 82.4 Å². The topological polar surface area (TPSA) is 139 Å². The summed E-state index contributed by atoms with van der Waals surface area (Å²) >= 11 is 1.49. The van der Waals surface area contributed by atoms with Gasteiger partial charge in [0.2, 0.25) is 15.9 Å². The predicted octanol–water partition coefficient (Wildman–Crippen LogP) is 5.70. The van der Waals surface area contributed by atoms with E-state index >= 15 is 0 Å². The van der Waals surface area contributed by atoms with Crippen LogP contribution < -0.4 is 20.7 Å². The summed E-state index contributed by atoms with van der Waals surface area (Å²) in [5.74, 6) is 0.00869. The minimum absolute atomic E-state index is 0.0634. The first-order valence-corrected chi connectivity index (χ1v) is 17.8. The third-order valence-electron chi connectivity index (χ3n) is 7.91. The van der Waals surface area contributed by atoms with Crippen LogP contribution in [0.2, 0.25) is 0 Å². The standard InChI is InChI=1S/C33H43N5O5S2/c1-20(2)43-32(40)37-24-12-10-21(11-13-24)31-35-19-28(44-31)26-15-14-25(17-29(26)45(41,42)38-33(3,4)5)36-30(39)27-16-22-8-6-7-9-23(22)18-34-27/h6-9,14-15,17,19-21,24,27,34,38H,10-13,16,18H2,1-5H3,(H,36,39)(H,37,40)/t21-,24-,27?. The normalized spacial score (nSPS) is 20.4. The molecule has 1 aliphatic carbocycles. The number of nitrogens with one attached hydrogen (secondary N) is 4. The maximum Gasteiger partial charge on any atom is 0.407 e. The van der Waals surface area contributed by atoms with Crippen LogP contribution in [-0.4, -0.2) is 49.1 Å². The Morgan fingerprint density at radius 3 is 2.44 bits per heavy atom. The number of sulfonamides is 1. The number of hydrogen-bond acceptors (Lipinski definition) is 8. The van der Waals surface area contributed by atoms with Gasteiger partial charge in [-0.15, -0.1) is 11.3 Å². The molecule has 12 heteroatoms. The summed E-state index contributed by atoms with van der Waals surface area (Å²) < 4.78 is 35.4. The number of fused-ring (bicyclic) bond motifs is 1. The second-order valence-corrected chi connectivity index (χ2v) is 15.9. The maximum atomic E-state index is 13.7. The Bertz CT molecular complexity index is 1640. The molecule has 2 amide bonds. The number of nitrogens with zero attached hydrogens (tertiary/aromatic N) is 1. The van der Waals surface area contributed by atoms with Crippen molar-refractivity contribution < 1.29 is 22.7 Å². The minimum Gasteiger partial charge on any atom is -0.447 e. The summed E-state index contributed by atoms with van der Waals surface area (Å²) in [7, 11) is -3.95. The molecule has 45 heavy (non-hydrogen) atoms. The number of ether oxygens (including phenoxy) is 1. The fourth-order valence-electron chi connectivity index (χ4n) is 5.85. The van der Waals surface area contributed by atoms with E-state index in [4.69, 9.17) is 9.72 Å². The zero-order chi connectivity index (χ0) is 32.4. The van der Waals surface area contributed by atoms with Crippen molar-refractivity contribution >= 4 is 39.0 Å². The third-order valence-corrected chi connectivity index (χ3v) is 10.9. The van der Waals surface area contributed by atoms with Crippen LogP contribution in [0, 0.1) is 0 Å². The van der Waals surface area contributed by atoms with E-state index in [2.05, 4.69) is 20.7 Å². The van der Waals surface area contributed by atoms with E-state index in [0.717, 1.165) is 41.1 Å². The van der Waals surface area contributed by atoms with Gasteiger partial charge in [-0.2, -0.15) is 0 Å². The number of anilines is 1. The van der Waals surface area contributed by atoms with Crippen molar-refractivity contribution in [3.05, 3.63) is 64.8 Å². The summed E-state index contributed by atoms with van der Waals surface area (Å²) in [6, 6.07) is 12.7. The number of alkyl carbamates (subject to hydrolysis) is 1. The third kappa shape index (κ3) is 8.49. The Hall–Kier alpha value is -3.32. The molecule has 0 spiro atoms. The molecule has 3 aromatic rings. The highest BCUT2D eigenvalue weighted by molar-refractivity contribution is 7.89. The summed E-state index contributed by atoms with van der Waals surface area (Å²) in [6.07, 6.45) is 5.09. The van der Waals surface area contributed by atoms with Gasteiger partial charge in [0.15, 0.2) is 0 Å². The number of carbonyl (C=O) groups is 2. The van der Waals surface area contributed by atoms with Crippen molar-refractivity contribution in [3.63, 3.8) is 0 Å². The van der Waals surface area contributed by atoms with Crippen LogP contribution in [0.4, 0.5) is 10.5 Å². The molecule has 0 saturated heterocycles. The van der Waals surface area contributed by atoms with E-state index in [1.807, 2.05) is 38.1 Å². The summed E-state index contributed by atoms with van der Waals surface area (Å²) in [5.41, 5.74) is 2.54. The smallest absolute Gasteiger partial charge is 0.407 e. The van der Waals surface area contributed by atoms with Crippen LogP contribution in [-0.2, 0) is 32.5 Å². The van der Waals surface area contributed by atoms with Crippen molar-refractivity contribution in [2.75, 3.05) is 5.32 Å². The van der Waals surface area contributed by atoms with Gasteiger partial charge >= 0.3 is 6.09 Å². The zero-order valence-corrected chi connectivity index (χ0v) is 28.1. The second kappa shape index (κ2) is 13.6. The van der Waals surface area contributed by atoms with E-state index in [-0.39, 0.29) is 35.0 Å². The first-order chi connectivity index (χ1) is 21.3. The molecule has 1 aromatic heterocycles. The maximum absolute atomic E-state index is 13.7. The van der Waals surface area contributed by atoms with Gasteiger partial charge in [0.05, 0.1) is 26.9 Å². The molecule has 0 radical (unpaired) electrons. The van der Waals surface area contributed by atoms with Gasteiger partial charge in [-0.05, 0) is 90.0 Å². The molecule has 4 N–H and O–H groups in total. The Kier molecular flexibility index (Phi) is 9.97. The summed E-state index contributed by atoms with van der Waals surface area (Å²) in [4.78, 5) is 30.8. The molecule has 1 saturated carbocycles. The van der Waals surface area contributed by atoms with E-state index in [1.165, 1.54) is 23.0 Å². The van der Waals surface area contributed by atoms with E-state index in [0.29, 0.717) is 24.2 Å². The predicted molar refractivity (Wildman–Crippen MR) is 177 cm³/mol. The van der Waals surface area contributed by atoms with Gasteiger partial charge in [0.25, 0.3) is 0 Å². The number of hydrogen-bond donors (Lipinski definition) is 4. The average Bonchev–Trinajstić information content (AvgIpc) is 3.46. The van der Waals surface area contributed by atoms with Gasteiger partial charge in [-0.3, -0.25) is 4.79 Å². The van der Waals surface area contributed by atoms with E-state index in [1.54, 1.807) is 39.1 Å². The number of benzene rings is 2. The molecule has 1 atom stereocenters. The Morgan fingerprint density at radius 2 is 1.76 bits per heavy atom. The Morgan fingerprint density at radius 1 is 1.04 bits per heavy atom. The molecule has 2 aromatic carbocycles. The van der Waals surface area contributed by atoms with Gasteiger partial charge in [-0.1, -0.05) is 30.3 Å². The number of thiazole rings is 1. The molecule has 0 bridgehead atoms. The van der Waals surface area contributed by atoms with Crippen molar-refractivity contribution in [2.45, 2.75) is 108 Å². The largest absolute Gasteiger partial charge is 0.447 e. The van der Waals surface area contributed by atoms with Crippen LogP contribution >= 0.6 is 11.3 Å². The van der Waals surface area contributed by atoms with Crippen molar-refractivity contribution in [1.82, 2.24) is 20.3 Å². The van der Waals surface area contributed by atoms with Crippen LogP contribution in [0.15, 0.2) is 53.6 Å².